The first kappa shape index (κ1) is 24.6. The van der Waals surface area contributed by atoms with Gasteiger partial charge in [-0.3, -0.25) is 4.79 Å². The highest BCUT2D eigenvalue weighted by molar-refractivity contribution is 7.11. The fourth-order valence-electron chi connectivity index (χ4n) is 4.96. The number of hydrogen-bond donors (Lipinski definition) is 1. The third-order valence-corrected chi connectivity index (χ3v) is 8.21. The third kappa shape index (κ3) is 4.55. The molecule has 0 unspecified atom stereocenters. The maximum Gasteiger partial charge on any atom is 0.251 e. The standard InChI is InChI=1S/C27H26FN5OS.ClH/c1-16-6-5-9-17-12-14-29-24(21(16)17)33-15-13-20(27-32-31-26(35-27)19-10-11-19)22(23(33)28)30-25(34)18-7-3-2-4-8-18;/h2-9,12,14,19-20,22-23H,10-11,13,15H2,1H3,(H,30,34);1H/t20-,22-,23+;/m1./s1. The van der Waals surface area contributed by atoms with E-state index in [-0.39, 0.29) is 24.2 Å². The molecule has 4 aromatic rings. The van der Waals surface area contributed by atoms with Gasteiger partial charge in [0.2, 0.25) is 0 Å². The first-order valence-corrected chi connectivity index (χ1v) is 12.9. The summed E-state index contributed by atoms with van der Waals surface area (Å²) in [5.74, 6) is 0.554. The van der Waals surface area contributed by atoms with Gasteiger partial charge >= 0.3 is 0 Å². The molecule has 3 atom stereocenters. The van der Waals surface area contributed by atoms with Gasteiger partial charge in [0.05, 0.1) is 6.04 Å². The first-order valence-electron chi connectivity index (χ1n) is 12.0. The third-order valence-electron chi connectivity index (χ3n) is 6.99. The molecule has 6 rings (SSSR count). The van der Waals surface area contributed by atoms with Crippen LogP contribution in [0.5, 0.6) is 0 Å². The highest BCUT2D eigenvalue weighted by Gasteiger charge is 2.43. The van der Waals surface area contributed by atoms with E-state index in [2.05, 4.69) is 20.5 Å². The second-order valence-electron chi connectivity index (χ2n) is 9.39. The summed E-state index contributed by atoms with van der Waals surface area (Å²) in [6.07, 6.45) is 3.18. The Balaban J connectivity index is 0.00000267. The van der Waals surface area contributed by atoms with Crippen molar-refractivity contribution in [1.29, 1.82) is 0 Å². The van der Waals surface area contributed by atoms with Crippen molar-refractivity contribution < 1.29 is 9.18 Å². The van der Waals surface area contributed by atoms with E-state index in [4.69, 9.17) is 0 Å². The van der Waals surface area contributed by atoms with Gasteiger partial charge < -0.3 is 10.2 Å². The van der Waals surface area contributed by atoms with Gasteiger partial charge in [0.25, 0.3) is 5.91 Å². The Bertz CT molecular complexity index is 1370. The predicted molar refractivity (Wildman–Crippen MR) is 143 cm³/mol. The van der Waals surface area contributed by atoms with E-state index in [0.717, 1.165) is 39.2 Å². The number of alkyl halides is 1. The summed E-state index contributed by atoms with van der Waals surface area (Å²) in [6.45, 7) is 2.49. The van der Waals surface area contributed by atoms with Gasteiger partial charge in [0.1, 0.15) is 15.8 Å². The molecule has 2 aromatic heterocycles. The summed E-state index contributed by atoms with van der Waals surface area (Å²) in [6, 6.07) is 16.1. The Morgan fingerprint density at radius 2 is 1.81 bits per heavy atom. The Labute approximate surface area is 219 Å². The molecule has 3 heterocycles. The van der Waals surface area contributed by atoms with E-state index in [1.54, 1.807) is 34.6 Å². The highest BCUT2D eigenvalue weighted by Crippen LogP contribution is 2.44. The van der Waals surface area contributed by atoms with Gasteiger partial charge in [0.15, 0.2) is 6.30 Å². The minimum atomic E-state index is -1.47. The van der Waals surface area contributed by atoms with Crippen LogP contribution in [0.4, 0.5) is 10.2 Å². The van der Waals surface area contributed by atoms with E-state index >= 15 is 4.39 Å². The zero-order valence-electron chi connectivity index (χ0n) is 19.8. The molecule has 6 nitrogen and oxygen atoms in total. The molecule has 1 N–H and O–H groups in total. The van der Waals surface area contributed by atoms with Gasteiger partial charge in [-0.1, -0.05) is 36.4 Å². The molecule has 9 heteroatoms. The van der Waals surface area contributed by atoms with Crippen molar-refractivity contribution in [1.82, 2.24) is 20.5 Å². The van der Waals surface area contributed by atoms with E-state index in [9.17, 15) is 4.79 Å². The van der Waals surface area contributed by atoms with Crippen molar-refractivity contribution in [2.24, 2.45) is 0 Å². The number of hydrogen-bond acceptors (Lipinski definition) is 6. The van der Waals surface area contributed by atoms with Crippen LogP contribution in [0.3, 0.4) is 0 Å². The van der Waals surface area contributed by atoms with Crippen LogP contribution in [0.25, 0.3) is 10.8 Å². The van der Waals surface area contributed by atoms with Crippen LogP contribution in [-0.2, 0) is 0 Å². The van der Waals surface area contributed by atoms with Gasteiger partial charge in [0, 0.05) is 35.5 Å². The Hall–Kier alpha value is -3.10. The van der Waals surface area contributed by atoms with Crippen LogP contribution in [0, 0.1) is 6.92 Å². The fraction of sp³-hybridized carbons (Fsp3) is 0.333. The average Bonchev–Trinajstić information content (AvgIpc) is 3.62. The lowest BCUT2D eigenvalue weighted by Crippen LogP contribution is -2.57. The Kier molecular flexibility index (Phi) is 6.90. The lowest BCUT2D eigenvalue weighted by atomic mass is 9.90. The summed E-state index contributed by atoms with van der Waals surface area (Å²) >= 11 is 1.57. The number of fused-ring (bicyclic) bond motifs is 1. The van der Waals surface area contributed by atoms with Crippen LogP contribution in [0.1, 0.15) is 57.0 Å². The number of benzene rings is 2. The molecule has 186 valence electrons. The SMILES string of the molecule is Cc1cccc2ccnc(N3CC[C@@H](c4nnc(C5CC5)s4)[C@@H](NC(=O)c4ccccc4)[C@H]3F)c12.Cl. The largest absolute Gasteiger partial charge is 0.344 e. The molecule has 2 aromatic carbocycles. The average molecular weight is 524 g/mol. The maximum absolute atomic E-state index is 16.5. The second kappa shape index (κ2) is 10.1. The Morgan fingerprint density at radius 3 is 2.58 bits per heavy atom. The van der Waals surface area contributed by atoms with Crippen molar-refractivity contribution in [2.45, 2.75) is 50.4 Å². The first-order chi connectivity index (χ1) is 17.1. The van der Waals surface area contributed by atoms with E-state index in [1.807, 2.05) is 49.4 Å². The van der Waals surface area contributed by atoms with Crippen molar-refractivity contribution in [3.8, 4) is 0 Å². The number of carbonyl (C=O) groups is 1. The highest BCUT2D eigenvalue weighted by atomic mass is 35.5. The van der Waals surface area contributed by atoms with Gasteiger partial charge in [-0.05, 0) is 55.3 Å². The fourth-order valence-corrected chi connectivity index (χ4v) is 6.15. The molecule has 1 saturated heterocycles. The van der Waals surface area contributed by atoms with Crippen LogP contribution in [0.15, 0.2) is 60.8 Å². The molecule has 0 spiro atoms. The van der Waals surface area contributed by atoms with Crippen molar-refractivity contribution in [3.05, 3.63) is 81.9 Å². The van der Waals surface area contributed by atoms with E-state index < -0.39 is 12.3 Å². The van der Waals surface area contributed by atoms with E-state index in [0.29, 0.717) is 30.3 Å². The number of rotatable bonds is 5. The number of amides is 1. The lowest BCUT2D eigenvalue weighted by molar-refractivity contribution is 0.0873. The van der Waals surface area contributed by atoms with Crippen LogP contribution in [-0.4, -0.2) is 40.0 Å². The lowest BCUT2D eigenvalue weighted by Gasteiger charge is -2.42. The summed E-state index contributed by atoms with van der Waals surface area (Å²) in [5.41, 5.74) is 1.55. The number of nitrogens with zero attached hydrogens (tertiary/aromatic N) is 4. The summed E-state index contributed by atoms with van der Waals surface area (Å²) < 4.78 is 16.5. The number of carbonyl (C=O) groups excluding carboxylic acids is 1. The van der Waals surface area contributed by atoms with Crippen LogP contribution in [0.2, 0.25) is 0 Å². The molecule has 1 saturated carbocycles. The predicted octanol–water partition coefficient (Wildman–Crippen LogP) is 5.78. The maximum atomic E-state index is 16.5. The molecule has 36 heavy (non-hydrogen) atoms. The number of aryl methyl sites for hydroxylation is 1. The number of piperidine rings is 1. The molecule has 0 radical (unpaired) electrons. The minimum Gasteiger partial charge on any atom is -0.344 e. The van der Waals surface area contributed by atoms with Crippen LogP contribution < -0.4 is 10.2 Å². The number of halogens is 2. The smallest absolute Gasteiger partial charge is 0.251 e. The molecule has 2 aliphatic rings. The minimum absolute atomic E-state index is 0. The quantitative estimate of drug-likeness (QED) is 0.336. The normalized spacial score (nSPS) is 21.7. The van der Waals surface area contributed by atoms with Gasteiger partial charge in [-0.25, -0.2) is 9.37 Å². The summed E-state index contributed by atoms with van der Waals surface area (Å²) in [5, 5.41) is 15.6. The molecule has 2 fully saturated rings. The monoisotopic (exact) mass is 523 g/mol. The van der Waals surface area contributed by atoms with E-state index in [1.165, 1.54) is 0 Å². The number of pyridine rings is 1. The number of aromatic nitrogens is 3. The van der Waals surface area contributed by atoms with Gasteiger partial charge in [-0.15, -0.1) is 33.9 Å². The zero-order valence-corrected chi connectivity index (χ0v) is 21.4. The van der Waals surface area contributed by atoms with Crippen LogP contribution >= 0.6 is 23.7 Å². The molecular formula is C27H27ClFN5OS. The number of anilines is 1. The zero-order chi connectivity index (χ0) is 23.9. The van der Waals surface area contributed by atoms with Crippen molar-refractivity contribution >= 4 is 46.2 Å². The molecular weight excluding hydrogens is 497 g/mol. The summed E-state index contributed by atoms with van der Waals surface area (Å²) in [4.78, 5) is 19.4. The second-order valence-corrected chi connectivity index (χ2v) is 10.4. The molecule has 1 amide bonds. The van der Waals surface area contributed by atoms with Gasteiger partial charge in [-0.2, -0.15) is 0 Å². The summed E-state index contributed by atoms with van der Waals surface area (Å²) in [7, 11) is 0. The number of nitrogens with one attached hydrogen (secondary N) is 1. The topological polar surface area (TPSA) is 71.0 Å². The van der Waals surface area contributed by atoms with Crippen molar-refractivity contribution in [3.63, 3.8) is 0 Å². The van der Waals surface area contributed by atoms with Crippen molar-refractivity contribution in [2.75, 3.05) is 11.4 Å². The Morgan fingerprint density at radius 1 is 1.03 bits per heavy atom. The molecule has 1 aliphatic heterocycles. The molecule has 0 bridgehead atoms. The molecule has 1 aliphatic carbocycles.